The second-order valence-corrected chi connectivity index (χ2v) is 8.31. The monoisotopic (exact) mass is 458 g/mol. The zero-order valence-electron chi connectivity index (χ0n) is 17.7. The minimum Gasteiger partial charge on any atom is -0.726 e. The maximum absolute atomic E-state index is 11.4. The summed E-state index contributed by atoms with van der Waals surface area (Å²) >= 11 is 0. The molecule has 10 nitrogen and oxygen atoms in total. The van der Waals surface area contributed by atoms with Crippen LogP contribution in [0.5, 0.6) is 0 Å². The van der Waals surface area contributed by atoms with Gasteiger partial charge in [0.05, 0.1) is 35.4 Å². The lowest BCUT2D eigenvalue weighted by atomic mass is 10.1. The second kappa shape index (κ2) is 9.39. The third-order valence-corrected chi connectivity index (χ3v) is 5.46. The number of benzene rings is 2. The molecule has 2 aromatic carbocycles. The topological polar surface area (TPSA) is 129 Å². The third-order valence-electron chi connectivity index (χ3n) is 5.05. The van der Waals surface area contributed by atoms with Crippen LogP contribution in [-0.4, -0.2) is 37.3 Å². The molecule has 0 radical (unpaired) electrons. The molecular formula is C21H22N4O6S. The Morgan fingerprint density at radius 2 is 1.91 bits per heavy atom. The number of para-hydroxylation sites is 2. The molecule has 1 aliphatic rings. The van der Waals surface area contributed by atoms with Crippen molar-refractivity contribution in [3.8, 4) is 0 Å². The van der Waals surface area contributed by atoms with Crippen LogP contribution in [-0.2, 0) is 28.1 Å². The number of hydrogen-bond donors (Lipinski definition) is 0. The van der Waals surface area contributed by atoms with Gasteiger partial charge in [-0.15, -0.1) is 0 Å². The predicted molar refractivity (Wildman–Crippen MR) is 118 cm³/mol. The number of anilines is 1. The molecule has 2 heterocycles. The average Bonchev–Trinajstić information content (AvgIpc) is 3.08. The van der Waals surface area contributed by atoms with Crippen molar-refractivity contribution in [1.82, 2.24) is 0 Å². The van der Waals surface area contributed by atoms with Crippen LogP contribution in [0.1, 0.15) is 18.1 Å². The highest BCUT2D eigenvalue weighted by atomic mass is 32.3. The molecule has 11 heteroatoms. The van der Waals surface area contributed by atoms with Gasteiger partial charge in [0, 0.05) is 17.7 Å². The maximum Gasteiger partial charge on any atom is 0.340 e. The lowest BCUT2D eigenvalue weighted by molar-refractivity contribution is -0.646. The van der Waals surface area contributed by atoms with E-state index in [1.807, 2.05) is 42.5 Å². The van der Waals surface area contributed by atoms with Gasteiger partial charge in [-0.3, -0.25) is 19.3 Å². The Morgan fingerprint density at radius 3 is 2.56 bits per heavy atom. The number of hydrazone groups is 1. The fourth-order valence-electron chi connectivity index (χ4n) is 3.60. The maximum atomic E-state index is 11.4. The van der Waals surface area contributed by atoms with E-state index in [9.17, 15) is 23.1 Å². The molecule has 1 atom stereocenters. The number of fused-ring (bicyclic) bond motifs is 2. The summed E-state index contributed by atoms with van der Waals surface area (Å²) in [5.41, 5.74) is 3.96. The van der Waals surface area contributed by atoms with Gasteiger partial charge in [0.25, 0.3) is 5.52 Å². The van der Waals surface area contributed by atoms with Gasteiger partial charge in [-0.25, -0.2) is 8.42 Å². The molecule has 0 fully saturated rings. The first-order chi connectivity index (χ1) is 15.1. The zero-order valence-corrected chi connectivity index (χ0v) is 18.5. The molecule has 1 aliphatic heterocycles. The predicted octanol–water partition coefficient (Wildman–Crippen LogP) is 2.45. The number of aromatic nitrogens is 1. The van der Waals surface area contributed by atoms with E-state index in [1.165, 1.54) is 11.6 Å². The Hall–Kier alpha value is -3.41. The molecule has 0 bridgehead atoms. The number of nitro benzene ring substituents is 1. The summed E-state index contributed by atoms with van der Waals surface area (Å²) in [6, 6.07) is 15.6. The Morgan fingerprint density at radius 1 is 1.22 bits per heavy atom. The van der Waals surface area contributed by atoms with Crippen LogP contribution in [0.15, 0.2) is 59.8 Å². The van der Waals surface area contributed by atoms with E-state index in [-0.39, 0.29) is 16.7 Å². The van der Waals surface area contributed by atoms with Gasteiger partial charge >= 0.3 is 5.69 Å². The van der Waals surface area contributed by atoms with E-state index < -0.39 is 10.4 Å². The number of hydrogen-bond acceptors (Lipinski definition) is 8. The van der Waals surface area contributed by atoms with Gasteiger partial charge in [-0.1, -0.05) is 24.3 Å². The first-order valence-corrected chi connectivity index (χ1v) is 10.9. The zero-order chi connectivity index (χ0) is 23.5. The molecule has 0 spiro atoms. The molecule has 0 saturated heterocycles. The SMILES string of the molecule is CC1Cc2ccccc2N1/N=C/c1cc[n+](C)c2c([N+](=O)[O-])cccc12.COS(=O)(=O)[O-]. The van der Waals surface area contributed by atoms with Crippen molar-refractivity contribution in [2.75, 3.05) is 12.1 Å². The van der Waals surface area contributed by atoms with Crippen LogP contribution in [0.25, 0.3) is 10.9 Å². The van der Waals surface area contributed by atoms with Crippen LogP contribution in [0.4, 0.5) is 11.4 Å². The number of aryl methyl sites for hydroxylation is 1. The summed E-state index contributed by atoms with van der Waals surface area (Å²) < 4.78 is 32.8. The Balaban J connectivity index is 0.000000427. The first kappa shape index (κ1) is 23.3. The summed E-state index contributed by atoms with van der Waals surface area (Å²) in [5, 5.41) is 18.9. The molecule has 0 saturated carbocycles. The van der Waals surface area contributed by atoms with Crippen LogP contribution < -0.4 is 9.58 Å². The van der Waals surface area contributed by atoms with Crippen LogP contribution in [0, 0.1) is 10.1 Å². The molecule has 3 aromatic rings. The molecule has 168 valence electrons. The number of nitrogens with zero attached hydrogens (tertiary/aromatic N) is 4. The van der Waals surface area contributed by atoms with Gasteiger partial charge < -0.3 is 4.55 Å². The lowest BCUT2D eigenvalue weighted by Gasteiger charge is -2.18. The van der Waals surface area contributed by atoms with E-state index >= 15 is 0 Å². The largest absolute Gasteiger partial charge is 0.726 e. The molecular weight excluding hydrogens is 436 g/mol. The van der Waals surface area contributed by atoms with Gasteiger partial charge in [-0.05, 0) is 31.0 Å². The first-order valence-electron chi connectivity index (χ1n) is 9.60. The van der Waals surface area contributed by atoms with Gasteiger partial charge in [-0.2, -0.15) is 9.67 Å². The fourth-order valence-corrected chi connectivity index (χ4v) is 3.60. The van der Waals surface area contributed by atoms with Gasteiger partial charge in [0.15, 0.2) is 6.20 Å². The van der Waals surface area contributed by atoms with E-state index in [0.29, 0.717) is 5.52 Å². The summed E-state index contributed by atoms with van der Waals surface area (Å²) in [6.45, 7) is 2.14. The molecule has 0 N–H and O–H groups in total. The van der Waals surface area contributed by atoms with Crippen molar-refractivity contribution < 1.29 is 26.6 Å². The van der Waals surface area contributed by atoms with Crippen molar-refractivity contribution in [2.24, 2.45) is 12.1 Å². The minimum atomic E-state index is -4.41. The number of rotatable bonds is 4. The Kier molecular flexibility index (Phi) is 6.82. The summed E-state index contributed by atoms with van der Waals surface area (Å²) in [7, 11) is -1.79. The van der Waals surface area contributed by atoms with E-state index in [1.54, 1.807) is 16.8 Å². The van der Waals surface area contributed by atoms with Crippen LogP contribution in [0.3, 0.4) is 0 Å². The fraction of sp³-hybridized carbons (Fsp3) is 0.238. The van der Waals surface area contributed by atoms with Crippen LogP contribution >= 0.6 is 0 Å². The van der Waals surface area contributed by atoms with Crippen molar-refractivity contribution in [2.45, 2.75) is 19.4 Å². The summed E-state index contributed by atoms with van der Waals surface area (Å²) in [6.07, 6.45) is 4.59. The highest BCUT2D eigenvalue weighted by molar-refractivity contribution is 7.80. The van der Waals surface area contributed by atoms with Crippen molar-refractivity contribution in [1.29, 1.82) is 0 Å². The third kappa shape index (κ3) is 5.07. The van der Waals surface area contributed by atoms with Crippen molar-refractivity contribution in [3.05, 3.63) is 76.0 Å². The standard InChI is InChI=1S/C20H19N4O2.CH4O4S/c1-14-12-15-6-3-4-8-18(15)23(14)21-13-16-10-11-22(2)20-17(16)7-5-9-19(20)24(25)26;1-5-6(2,3)4/h3-11,13-14H,12H2,1-2H3;1H3,(H,2,3,4)/q+1;/p-1. The summed E-state index contributed by atoms with van der Waals surface area (Å²) in [5.74, 6) is 0. The van der Waals surface area contributed by atoms with E-state index in [0.717, 1.165) is 30.2 Å². The van der Waals surface area contributed by atoms with Gasteiger partial charge in [0.2, 0.25) is 10.4 Å². The Bertz CT molecular complexity index is 1290. The normalized spacial score (nSPS) is 15.5. The molecule has 4 rings (SSSR count). The summed E-state index contributed by atoms with van der Waals surface area (Å²) in [4.78, 5) is 11.0. The smallest absolute Gasteiger partial charge is 0.340 e. The minimum absolute atomic E-state index is 0.0973. The highest BCUT2D eigenvalue weighted by Crippen LogP contribution is 2.32. The van der Waals surface area contributed by atoms with E-state index in [2.05, 4.69) is 23.2 Å². The quantitative estimate of drug-likeness (QED) is 0.147. The molecule has 0 amide bonds. The highest BCUT2D eigenvalue weighted by Gasteiger charge is 2.25. The second-order valence-electron chi connectivity index (χ2n) is 7.16. The Labute approximate surface area is 185 Å². The molecule has 1 unspecified atom stereocenters. The number of pyridine rings is 1. The van der Waals surface area contributed by atoms with Gasteiger partial charge in [0.1, 0.15) is 7.05 Å². The number of nitro groups is 1. The molecule has 0 aliphatic carbocycles. The van der Waals surface area contributed by atoms with E-state index in [4.69, 9.17) is 5.10 Å². The van der Waals surface area contributed by atoms with Crippen molar-refractivity contribution >= 4 is 38.9 Å². The lowest BCUT2D eigenvalue weighted by Crippen LogP contribution is -2.29. The average molecular weight is 458 g/mol. The van der Waals surface area contributed by atoms with Crippen LogP contribution in [0.2, 0.25) is 0 Å². The van der Waals surface area contributed by atoms with Crippen molar-refractivity contribution in [3.63, 3.8) is 0 Å². The number of non-ortho nitro benzene ring substituents is 1. The molecule has 32 heavy (non-hydrogen) atoms. The molecule has 1 aromatic heterocycles.